The summed E-state index contributed by atoms with van der Waals surface area (Å²) in [5.74, 6) is -1.29. The van der Waals surface area contributed by atoms with Crippen molar-refractivity contribution < 1.29 is 18.0 Å². The Kier molecular flexibility index (Phi) is 4.11. The summed E-state index contributed by atoms with van der Waals surface area (Å²) < 4.78 is 42.5. The fourth-order valence-corrected chi connectivity index (χ4v) is 4.49. The fraction of sp³-hybridized carbons (Fsp3) is 0.174. The highest BCUT2D eigenvalue weighted by molar-refractivity contribution is 6.23. The van der Waals surface area contributed by atoms with Crippen LogP contribution in [-0.4, -0.2) is 14.9 Å². The number of nitrogens with one attached hydrogen (secondary N) is 1. The smallest absolute Gasteiger partial charge is 0.340 e. The molecule has 0 saturated carbocycles. The average Bonchev–Trinajstić information content (AvgIpc) is 3.06. The molecule has 0 fully saturated rings. The zero-order valence-corrected chi connectivity index (χ0v) is 16.9. The molecular weight excluding hydrogens is 423 g/mol. The lowest BCUT2D eigenvalue weighted by Gasteiger charge is -2.30. The van der Waals surface area contributed by atoms with Gasteiger partial charge in [0.25, 0.3) is 5.56 Å². The average molecular weight is 439 g/mol. The van der Waals surface area contributed by atoms with E-state index in [4.69, 9.17) is 0 Å². The van der Waals surface area contributed by atoms with Gasteiger partial charge in [-0.15, -0.1) is 0 Å². The number of carbonyl (C=O) groups is 1. The Morgan fingerprint density at radius 2 is 1.59 bits per heavy atom. The zero-order valence-electron chi connectivity index (χ0n) is 16.9. The Balaban J connectivity index is 1.87. The molecule has 1 atom stereocenters. The maximum Gasteiger partial charge on any atom is 0.416 e. The SMILES string of the molecule is Cn1c2c(c(=O)n(C)c1=O)[C@H](c1cccc(C(F)(F)F)c1)C1=C(N2)c2ccccc2C1=O. The van der Waals surface area contributed by atoms with Crippen molar-refractivity contribution in [3.63, 3.8) is 0 Å². The number of allylic oxidation sites excluding steroid dienone is 1. The molecule has 1 N–H and O–H groups in total. The van der Waals surface area contributed by atoms with Gasteiger partial charge in [0, 0.05) is 36.7 Å². The number of nitrogens with zero attached hydrogens (tertiary/aromatic N) is 2. The van der Waals surface area contributed by atoms with E-state index in [0.29, 0.717) is 16.8 Å². The topological polar surface area (TPSA) is 73.1 Å². The monoisotopic (exact) mass is 439 g/mol. The molecule has 1 aromatic heterocycles. The Hall–Kier alpha value is -3.88. The third kappa shape index (κ3) is 2.63. The molecule has 2 heterocycles. The summed E-state index contributed by atoms with van der Waals surface area (Å²) >= 11 is 0. The standard InChI is InChI=1S/C23H16F3N3O3/c1-28-20-17(21(31)29(2)22(28)32)15(11-6-5-7-12(10-11)23(24,25)26)16-18(27-20)13-8-3-4-9-14(13)19(16)30/h3-10,15,27H,1-2H3/t15-/m1/s1. The van der Waals surface area contributed by atoms with E-state index < -0.39 is 28.9 Å². The van der Waals surface area contributed by atoms with E-state index in [2.05, 4.69) is 5.32 Å². The molecule has 0 amide bonds. The minimum atomic E-state index is -4.60. The summed E-state index contributed by atoms with van der Waals surface area (Å²) in [7, 11) is 2.76. The normalized spacial score (nSPS) is 17.0. The van der Waals surface area contributed by atoms with E-state index in [0.717, 1.165) is 16.7 Å². The van der Waals surface area contributed by atoms with Crippen LogP contribution in [-0.2, 0) is 20.3 Å². The number of anilines is 1. The predicted octanol–water partition coefficient (Wildman–Crippen LogP) is 3.27. The summed E-state index contributed by atoms with van der Waals surface area (Å²) in [5, 5.41) is 3.05. The number of alkyl halides is 3. The van der Waals surface area contributed by atoms with Crippen LogP contribution in [0.25, 0.3) is 5.70 Å². The number of aromatic nitrogens is 2. The first kappa shape index (κ1) is 20.0. The van der Waals surface area contributed by atoms with Gasteiger partial charge in [-0.2, -0.15) is 13.2 Å². The van der Waals surface area contributed by atoms with Gasteiger partial charge in [0.15, 0.2) is 5.78 Å². The van der Waals surface area contributed by atoms with Crippen LogP contribution in [0.4, 0.5) is 19.0 Å². The van der Waals surface area contributed by atoms with Gasteiger partial charge in [-0.25, -0.2) is 4.79 Å². The number of fused-ring (bicyclic) bond motifs is 3. The highest BCUT2D eigenvalue weighted by Crippen LogP contribution is 2.48. The number of hydrogen-bond acceptors (Lipinski definition) is 4. The minimum absolute atomic E-state index is 0.0498. The first-order valence-corrected chi connectivity index (χ1v) is 9.73. The van der Waals surface area contributed by atoms with Gasteiger partial charge in [0.2, 0.25) is 0 Å². The van der Waals surface area contributed by atoms with Crippen molar-refractivity contribution in [2.45, 2.75) is 12.1 Å². The number of benzene rings is 2. The van der Waals surface area contributed by atoms with E-state index >= 15 is 0 Å². The first-order chi connectivity index (χ1) is 15.1. The van der Waals surface area contributed by atoms with Crippen molar-refractivity contribution in [3.05, 3.63) is 103 Å². The molecular formula is C23H16F3N3O3. The van der Waals surface area contributed by atoms with Crippen LogP contribution >= 0.6 is 0 Å². The lowest BCUT2D eigenvalue weighted by atomic mass is 9.81. The quantitative estimate of drug-likeness (QED) is 0.632. The van der Waals surface area contributed by atoms with Gasteiger partial charge >= 0.3 is 11.9 Å². The van der Waals surface area contributed by atoms with Crippen molar-refractivity contribution in [1.29, 1.82) is 0 Å². The van der Waals surface area contributed by atoms with E-state index in [1.807, 2.05) is 0 Å². The maximum atomic E-state index is 13.4. The zero-order chi connectivity index (χ0) is 22.9. The lowest BCUT2D eigenvalue weighted by Crippen LogP contribution is -2.42. The van der Waals surface area contributed by atoms with E-state index in [1.165, 1.54) is 30.8 Å². The second-order valence-corrected chi connectivity index (χ2v) is 7.81. The number of Topliss-reactive ketones (excluding diaryl/α,β-unsaturated/α-hetero) is 1. The third-order valence-electron chi connectivity index (χ3n) is 6.02. The van der Waals surface area contributed by atoms with Crippen molar-refractivity contribution in [2.75, 3.05) is 5.32 Å². The van der Waals surface area contributed by atoms with E-state index in [-0.39, 0.29) is 28.3 Å². The summed E-state index contributed by atoms with van der Waals surface area (Å²) in [6, 6.07) is 11.4. The van der Waals surface area contributed by atoms with Crippen LogP contribution in [0.15, 0.2) is 63.7 Å². The van der Waals surface area contributed by atoms with Crippen molar-refractivity contribution in [3.8, 4) is 0 Å². The molecule has 2 aliphatic rings. The number of carbonyl (C=O) groups excluding carboxylic acids is 1. The molecule has 0 bridgehead atoms. The van der Waals surface area contributed by atoms with Crippen LogP contribution in [0.5, 0.6) is 0 Å². The van der Waals surface area contributed by atoms with Crippen molar-refractivity contribution in [2.24, 2.45) is 14.1 Å². The number of hydrogen-bond donors (Lipinski definition) is 1. The Labute approximate surface area is 179 Å². The molecule has 162 valence electrons. The van der Waals surface area contributed by atoms with Gasteiger partial charge in [-0.3, -0.25) is 18.7 Å². The molecule has 6 nitrogen and oxygen atoms in total. The molecule has 9 heteroatoms. The fourth-order valence-electron chi connectivity index (χ4n) is 4.49. The van der Waals surface area contributed by atoms with Crippen molar-refractivity contribution in [1.82, 2.24) is 9.13 Å². The molecule has 1 aliphatic carbocycles. The van der Waals surface area contributed by atoms with Gasteiger partial charge in [-0.05, 0) is 11.6 Å². The number of ketones is 1. The molecule has 5 rings (SSSR count). The van der Waals surface area contributed by atoms with E-state index in [1.54, 1.807) is 24.3 Å². The van der Waals surface area contributed by atoms with Crippen molar-refractivity contribution >= 4 is 17.3 Å². The van der Waals surface area contributed by atoms with Gasteiger partial charge < -0.3 is 5.32 Å². The van der Waals surface area contributed by atoms with Crippen LogP contribution in [0, 0.1) is 0 Å². The third-order valence-corrected chi connectivity index (χ3v) is 6.02. The van der Waals surface area contributed by atoms with Crippen LogP contribution < -0.4 is 16.6 Å². The van der Waals surface area contributed by atoms with Crippen LogP contribution in [0.2, 0.25) is 0 Å². The summed E-state index contributed by atoms with van der Waals surface area (Å²) in [6.07, 6.45) is -4.60. The highest BCUT2D eigenvalue weighted by Gasteiger charge is 2.43. The van der Waals surface area contributed by atoms with Gasteiger partial charge in [-0.1, -0.05) is 42.5 Å². The number of halogens is 3. The van der Waals surface area contributed by atoms with E-state index in [9.17, 15) is 27.6 Å². The molecule has 0 saturated heterocycles. The summed E-state index contributed by atoms with van der Waals surface area (Å²) in [5.41, 5.74) is -0.418. The maximum absolute atomic E-state index is 13.4. The van der Waals surface area contributed by atoms with Crippen LogP contribution in [0.3, 0.4) is 0 Å². The largest absolute Gasteiger partial charge is 0.416 e. The molecule has 1 aliphatic heterocycles. The predicted molar refractivity (Wildman–Crippen MR) is 112 cm³/mol. The summed E-state index contributed by atoms with van der Waals surface area (Å²) in [4.78, 5) is 39.1. The van der Waals surface area contributed by atoms with Gasteiger partial charge in [0.1, 0.15) is 5.82 Å². The molecule has 3 aromatic rings. The molecule has 0 unspecified atom stereocenters. The Morgan fingerprint density at radius 1 is 0.906 bits per heavy atom. The molecule has 0 spiro atoms. The molecule has 0 radical (unpaired) electrons. The lowest BCUT2D eigenvalue weighted by molar-refractivity contribution is -0.137. The van der Waals surface area contributed by atoms with Crippen LogP contribution in [0.1, 0.15) is 38.5 Å². The molecule has 2 aromatic carbocycles. The molecule has 32 heavy (non-hydrogen) atoms. The Morgan fingerprint density at radius 3 is 2.28 bits per heavy atom. The first-order valence-electron chi connectivity index (χ1n) is 9.73. The summed E-state index contributed by atoms with van der Waals surface area (Å²) in [6.45, 7) is 0. The number of rotatable bonds is 1. The Bertz CT molecular complexity index is 1480. The second kappa shape index (κ2) is 6.56. The minimum Gasteiger partial charge on any atom is -0.340 e. The second-order valence-electron chi connectivity index (χ2n) is 7.81. The highest BCUT2D eigenvalue weighted by atomic mass is 19.4. The van der Waals surface area contributed by atoms with Gasteiger partial charge in [0.05, 0.1) is 16.8 Å².